The highest BCUT2D eigenvalue weighted by Gasteiger charge is 2.27. The molecule has 0 aliphatic carbocycles. The zero-order valence-electron chi connectivity index (χ0n) is 16.5. The fourth-order valence-electron chi connectivity index (χ4n) is 2.74. The molecule has 2 aromatic heterocycles. The molecule has 3 N–H and O–H groups in total. The summed E-state index contributed by atoms with van der Waals surface area (Å²) in [6.45, 7) is 7.04. The number of rotatable bonds is 7. The fraction of sp³-hybridized carbons (Fsp3) is 0.333. The molecule has 3 rings (SSSR count). The van der Waals surface area contributed by atoms with Gasteiger partial charge in [-0.25, -0.2) is 9.67 Å². The summed E-state index contributed by atoms with van der Waals surface area (Å²) >= 11 is 0. The Balaban J connectivity index is 1.63. The van der Waals surface area contributed by atoms with Gasteiger partial charge in [0, 0.05) is 18.3 Å². The normalized spacial score (nSPS) is 13.9. The van der Waals surface area contributed by atoms with Gasteiger partial charge in [0.2, 0.25) is 0 Å². The highest BCUT2D eigenvalue weighted by atomic mass is 16.4. The molecule has 0 radical (unpaired) electrons. The molecule has 1 unspecified atom stereocenters. The summed E-state index contributed by atoms with van der Waals surface area (Å²) in [4.78, 5) is 4.59. The highest BCUT2D eigenvalue weighted by Crippen LogP contribution is 2.21. The predicted octanol–water partition coefficient (Wildman–Crippen LogP) is 2.74. The van der Waals surface area contributed by atoms with Crippen LogP contribution in [0.4, 0.5) is 0 Å². The molecule has 1 atom stereocenters. The maximum Gasteiger partial charge on any atom is 0.191 e. The van der Waals surface area contributed by atoms with Crippen molar-refractivity contribution >= 4 is 5.96 Å². The summed E-state index contributed by atoms with van der Waals surface area (Å²) in [5.41, 5.74) is 0.866. The maximum atomic E-state index is 10.7. The Bertz CT molecular complexity index is 912. The van der Waals surface area contributed by atoms with Gasteiger partial charge < -0.3 is 20.2 Å². The summed E-state index contributed by atoms with van der Waals surface area (Å²) in [5, 5.41) is 21.4. The van der Waals surface area contributed by atoms with Gasteiger partial charge in [0.05, 0.1) is 25.0 Å². The van der Waals surface area contributed by atoms with E-state index < -0.39 is 5.60 Å². The van der Waals surface area contributed by atoms with Crippen LogP contribution in [-0.4, -0.2) is 33.9 Å². The number of nitrogens with zero attached hydrogens (tertiary/aromatic N) is 3. The molecule has 148 valence electrons. The van der Waals surface area contributed by atoms with Gasteiger partial charge in [-0.1, -0.05) is 18.2 Å². The SMILES string of the molecule is CCNC(=NCc1cnn(-c2ccccc2)c1)NCC(C)(O)c1ccc(C)o1. The second-order valence-corrected chi connectivity index (χ2v) is 6.86. The lowest BCUT2D eigenvalue weighted by Crippen LogP contribution is -2.44. The van der Waals surface area contributed by atoms with Crippen molar-refractivity contribution < 1.29 is 9.52 Å². The van der Waals surface area contributed by atoms with Crippen molar-refractivity contribution in [1.82, 2.24) is 20.4 Å². The van der Waals surface area contributed by atoms with Gasteiger partial charge in [-0.2, -0.15) is 5.10 Å². The number of hydrogen-bond donors (Lipinski definition) is 3. The third-order valence-electron chi connectivity index (χ3n) is 4.29. The van der Waals surface area contributed by atoms with Crippen LogP contribution in [0.1, 0.15) is 30.9 Å². The third-order valence-corrected chi connectivity index (χ3v) is 4.29. The lowest BCUT2D eigenvalue weighted by Gasteiger charge is -2.22. The topological polar surface area (TPSA) is 87.6 Å². The average molecular weight is 381 g/mol. The van der Waals surface area contributed by atoms with Crippen molar-refractivity contribution in [2.45, 2.75) is 32.9 Å². The third kappa shape index (κ3) is 5.01. The van der Waals surface area contributed by atoms with Crippen LogP contribution >= 0.6 is 0 Å². The minimum atomic E-state index is -1.14. The molecule has 2 heterocycles. The predicted molar refractivity (Wildman–Crippen MR) is 109 cm³/mol. The molecule has 3 aromatic rings. The van der Waals surface area contributed by atoms with Crippen molar-refractivity contribution in [3.63, 3.8) is 0 Å². The minimum absolute atomic E-state index is 0.273. The lowest BCUT2D eigenvalue weighted by atomic mass is 10.0. The van der Waals surface area contributed by atoms with Crippen molar-refractivity contribution in [1.29, 1.82) is 0 Å². The number of guanidine groups is 1. The van der Waals surface area contributed by atoms with Crippen molar-refractivity contribution in [3.8, 4) is 5.69 Å². The van der Waals surface area contributed by atoms with Crippen LogP contribution in [0.2, 0.25) is 0 Å². The van der Waals surface area contributed by atoms with E-state index in [0.717, 1.165) is 23.6 Å². The largest absolute Gasteiger partial charge is 0.463 e. The van der Waals surface area contributed by atoms with E-state index in [9.17, 15) is 5.11 Å². The molecule has 7 heteroatoms. The molecule has 0 aliphatic heterocycles. The summed E-state index contributed by atoms with van der Waals surface area (Å²) in [7, 11) is 0. The van der Waals surface area contributed by atoms with E-state index in [2.05, 4.69) is 20.7 Å². The molecule has 0 bridgehead atoms. The first-order chi connectivity index (χ1) is 13.5. The Morgan fingerprint density at radius 1 is 1.21 bits per heavy atom. The van der Waals surface area contributed by atoms with Gasteiger partial charge in [-0.3, -0.25) is 0 Å². The van der Waals surface area contributed by atoms with Crippen LogP contribution in [-0.2, 0) is 12.1 Å². The minimum Gasteiger partial charge on any atom is -0.463 e. The number of nitrogens with one attached hydrogen (secondary N) is 2. The second-order valence-electron chi connectivity index (χ2n) is 6.86. The Hall–Kier alpha value is -3.06. The average Bonchev–Trinajstić information content (AvgIpc) is 3.34. The highest BCUT2D eigenvalue weighted by molar-refractivity contribution is 5.79. The molecule has 1 aromatic carbocycles. The Morgan fingerprint density at radius 3 is 2.68 bits per heavy atom. The van der Waals surface area contributed by atoms with Gasteiger partial charge in [0.25, 0.3) is 0 Å². The van der Waals surface area contributed by atoms with Crippen LogP contribution in [0, 0.1) is 6.92 Å². The first-order valence-corrected chi connectivity index (χ1v) is 9.38. The number of hydrogen-bond acceptors (Lipinski definition) is 4. The molecular formula is C21H27N5O2. The van der Waals surface area contributed by atoms with Crippen LogP contribution in [0.25, 0.3) is 5.69 Å². The molecule has 28 heavy (non-hydrogen) atoms. The van der Waals surface area contributed by atoms with Crippen LogP contribution in [0.3, 0.4) is 0 Å². The quantitative estimate of drug-likeness (QED) is 0.433. The number of aromatic nitrogens is 2. The summed E-state index contributed by atoms with van der Waals surface area (Å²) in [6.07, 6.45) is 3.77. The first-order valence-electron chi connectivity index (χ1n) is 9.38. The van der Waals surface area contributed by atoms with Gasteiger partial charge in [-0.05, 0) is 45.0 Å². The molecule has 0 saturated heterocycles. The number of aliphatic hydroxyl groups is 1. The Labute approximate surface area is 165 Å². The van der Waals surface area contributed by atoms with E-state index >= 15 is 0 Å². The van der Waals surface area contributed by atoms with Crippen molar-refractivity contribution in [2.24, 2.45) is 4.99 Å². The standard InChI is InChI=1S/C21H27N5O2/c1-4-22-20(24-15-21(3,27)19-11-10-16(2)28-19)23-12-17-13-25-26(14-17)18-8-6-5-7-9-18/h5-11,13-14,27H,4,12,15H2,1-3H3,(H2,22,23,24). The molecule has 7 nitrogen and oxygen atoms in total. The van der Waals surface area contributed by atoms with Gasteiger partial charge in [0.1, 0.15) is 17.1 Å². The first kappa shape index (κ1) is 19.7. The van der Waals surface area contributed by atoms with Crippen LogP contribution < -0.4 is 10.6 Å². The van der Waals surface area contributed by atoms with Crippen molar-refractivity contribution in [3.05, 3.63) is 71.9 Å². The van der Waals surface area contributed by atoms with Gasteiger partial charge >= 0.3 is 0 Å². The van der Waals surface area contributed by atoms with E-state index in [0.29, 0.717) is 18.3 Å². The summed E-state index contributed by atoms with van der Waals surface area (Å²) in [6, 6.07) is 13.6. The number of benzene rings is 1. The Kier molecular flexibility index (Phi) is 6.16. The molecule has 0 spiro atoms. The van der Waals surface area contributed by atoms with E-state index in [-0.39, 0.29) is 6.54 Å². The fourth-order valence-corrected chi connectivity index (χ4v) is 2.74. The molecule has 0 saturated carbocycles. The number of furan rings is 1. The lowest BCUT2D eigenvalue weighted by molar-refractivity contribution is 0.0378. The Morgan fingerprint density at radius 2 is 2.00 bits per heavy atom. The molecular weight excluding hydrogens is 354 g/mol. The second kappa shape index (κ2) is 8.75. The number of para-hydroxylation sites is 1. The van der Waals surface area contributed by atoms with E-state index in [1.165, 1.54) is 0 Å². The van der Waals surface area contributed by atoms with E-state index in [1.807, 2.05) is 67.3 Å². The number of aryl methyl sites for hydroxylation is 1. The monoisotopic (exact) mass is 381 g/mol. The summed E-state index contributed by atoms with van der Waals surface area (Å²) in [5.74, 6) is 1.92. The van der Waals surface area contributed by atoms with Gasteiger partial charge in [0.15, 0.2) is 5.96 Å². The van der Waals surface area contributed by atoms with Crippen molar-refractivity contribution in [2.75, 3.05) is 13.1 Å². The van der Waals surface area contributed by atoms with Crippen LogP contribution in [0.15, 0.2) is 64.3 Å². The molecule has 0 aliphatic rings. The zero-order valence-corrected chi connectivity index (χ0v) is 16.5. The number of aliphatic imine (C=N–C) groups is 1. The van der Waals surface area contributed by atoms with E-state index in [1.54, 1.807) is 13.0 Å². The molecule has 0 fully saturated rings. The van der Waals surface area contributed by atoms with E-state index in [4.69, 9.17) is 4.42 Å². The molecule has 0 amide bonds. The van der Waals surface area contributed by atoms with Crippen LogP contribution in [0.5, 0.6) is 0 Å². The van der Waals surface area contributed by atoms with Gasteiger partial charge in [-0.15, -0.1) is 0 Å². The summed E-state index contributed by atoms with van der Waals surface area (Å²) < 4.78 is 7.38. The zero-order chi connectivity index (χ0) is 20.0. The smallest absolute Gasteiger partial charge is 0.191 e. The maximum absolute atomic E-state index is 10.7.